The number of thioether (sulfide) groups is 1. The van der Waals surface area contributed by atoms with E-state index in [4.69, 9.17) is 4.52 Å². The van der Waals surface area contributed by atoms with E-state index in [1.54, 1.807) is 30.3 Å². The highest BCUT2D eigenvalue weighted by Crippen LogP contribution is 2.27. The summed E-state index contributed by atoms with van der Waals surface area (Å²) in [5.41, 5.74) is 2.80. The molecule has 8 heteroatoms. The Balaban J connectivity index is 1.35. The van der Waals surface area contributed by atoms with Crippen molar-refractivity contribution in [3.63, 3.8) is 0 Å². The monoisotopic (exact) mass is 464 g/mol. The summed E-state index contributed by atoms with van der Waals surface area (Å²) >= 11 is 1.53. The number of carbonyl (C=O) groups is 2. The summed E-state index contributed by atoms with van der Waals surface area (Å²) in [4.78, 5) is 28.2. The average Bonchev–Trinajstić information content (AvgIpc) is 3.06. The molecule has 0 bridgehead atoms. The summed E-state index contributed by atoms with van der Waals surface area (Å²) in [5, 5.41) is 9.79. The average molecular weight is 465 g/mol. The van der Waals surface area contributed by atoms with Gasteiger partial charge in [-0.2, -0.15) is 0 Å². The molecule has 7 nitrogen and oxygen atoms in total. The summed E-state index contributed by atoms with van der Waals surface area (Å²) in [6.45, 7) is 3.48. The lowest BCUT2D eigenvalue weighted by molar-refractivity contribution is 0.102. The maximum atomic E-state index is 12.9. The molecule has 33 heavy (non-hydrogen) atoms. The van der Waals surface area contributed by atoms with E-state index in [0.717, 1.165) is 42.3 Å². The summed E-state index contributed by atoms with van der Waals surface area (Å²) in [5.74, 6) is 1.18. The number of aromatic nitrogens is 1. The predicted molar refractivity (Wildman–Crippen MR) is 131 cm³/mol. The van der Waals surface area contributed by atoms with Gasteiger partial charge in [0.05, 0.1) is 17.0 Å². The van der Waals surface area contributed by atoms with E-state index in [1.807, 2.05) is 36.1 Å². The van der Waals surface area contributed by atoms with Crippen molar-refractivity contribution in [1.29, 1.82) is 0 Å². The molecule has 3 aromatic rings. The SMILES string of the molecule is Cc1cc(CSc2ccccc2C(=O)Nc2ccc(NC(=O)N3CCCCCC3)cc2)on1. The van der Waals surface area contributed by atoms with Crippen LogP contribution in [0.3, 0.4) is 0 Å². The largest absolute Gasteiger partial charge is 0.360 e. The fraction of sp³-hybridized carbons (Fsp3) is 0.320. The summed E-state index contributed by atoms with van der Waals surface area (Å²) in [6, 6.07) is 16.5. The summed E-state index contributed by atoms with van der Waals surface area (Å²) < 4.78 is 5.26. The molecule has 2 N–H and O–H groups in total. The van der Waals surface area contributed by atoms with Gasteiger partial charge in [-0.3, -0.25) is 4.79 Å². The van der Waals surface area contributed by atoms with Gasteiger partial charge < -0.3 is 20.1 Å². The van der Waals surface area contributed by atoms with Crippen LogP contribution in [0.25, 0.3) is 0 Å². The van der Waals surface area contributed by atoms with Gasteiger partial charge in [0, 0.05) is 35.4 Å². The number of amides is 3. The van der Waals surface area contributed by atoms with Gasteiger partial charge in [-0.05, 0) is 56.2 Å². The molecule has 2 aromatic carbocycles. The summed E-state index contributed by atoms with van der Waals surface area (Å²) in [7, 11) is 0. The molecule has 0 radical (unpaired) electrons. The van der Waals surface area contributed by atoms with Crippen molar-refractivity contribution < 1.29 is 14.1 Å². The second-order valence-corrected chi connectivity index (χ2v) is 9.10. The Morgan fingerprint density at radius 3 is 2.30 bits per heavy atom. The number of urea groups is 1. The third-order valence-electron chi connectivity index (χ3n) is 5.47. The second kappa shape index (κ2) is 11.0. The van der Waals surface area contributed by atoms with E-state index < -0.39 is 0 Å². The quantitative estimate of drug-likeness (QED) is 0.441. The third kappa shape index (κ3) is 6.38. The van der Waals surface area contributed by atoms with Gasteiger partial charge in [-0.15, -0.1) is 11.8 Å². The highest BCUT2D eigenvalue weighted by atomic mass is 32.2. The molecule has 0 atom stereocenters. The van der Waals surface area contributed by atoms with Crippen molar-refractivity contribution in [3.05, 3.63) is 71.6 Å². The fourth-order valence-corrected chi connectivity index (χ4v) is 4.65. The highest BCUT2D eigenvalue weighted by molar-refractivity contribution is 7.98. The maximum Gasteiger partial charge on any atom is 0.321 e. The van der Waals surface area contributed by atoms with E-state index >= 15 is 0 Å². The first kappa shape index (κ1) is 22.9. The number of anilines is 2. The second-order valence-electron chi connectivity index (χ2n) is 8.08. The van der Waals surface area contributed by atoms with Gasteiger partial charge in [0.15, 0.2) is 0 Å². The van der Waals surface area contributed by atoms with Crippen molar-refractivity contribution >= 4 is 35.1 Å². The number of benzene rings is 2. The van der Waals surface area contributed by atoms with E-state index in [1.165, 1.54) is 24.6 Å². The number of nitrogens with zero attached hydrogens (tertiary/aromatic N) is 2. The van der Waals surface area contributed by atoms with Crippen LogP contribution < -0.4 is 10.6 Å². The molecular weight excluding hydrogens is 436 g/mol. The normalized spacial score (nSPS) is 13.9. The maximum absolute atomic E-state index is 12.9. The van der Waals surface area contributed by atoms with Crippen molar-refractivity contribution in [1.82, 2.24) is 10.1 Å². The Hall–Kier alpha value is -3.26. The smallest absolute Gasteiger partial charge is 0.321 e. The molecule has 1 saturated heterocycles. The number of nitrogens with one attached hydrogen (secondary N) is 2. The topological polar surface area (TPSA) is 87.5 Å². The van der Waals surface area contributed by atoms with Crippen molar-refractivity contribution in [2.24, 2.45) is 0 Å². The van der Waals surface area contributed by atoms with Crippen molar-refractivity contribution in [3.8, 4) is 0 Å². The number of likely N-dealkylation sites (tertiary alicyclic amines) is 1. The third-order valence-corrected chi connectivity index (χ3v) is 6.56. The van der Waals surface area contributed by atoms with Crippen LogP contribution in [0.4, 0.5) is 16.2 Å². The minimum absolute atomic E-state index is 0.0680. The van der Waals surface area contributed by atoms with E-state index in [9.17, 15) is 9.59 Å². The van der Waals surface area contributed by atoms with Crippen LogP contribution in [0, 0.1) is 6.92 Å². The first-order valence-corrected chi connectivity index (χ1v) is 12.2. The minimum atomic E-state index is -0.187. The highest BCUT2D eigenvalue weighted by Gasteiger charge is 2.16. The molecule has 1 fully saturated rings. The van der Waals surface area contributed by atoms with Crippen molar-refractivity contribution in [2.75, 3.05) is 23.7 Å². The lowest BCUT2D eigenvalue weighted by atomic mass is 10.2. The van der Waals surface area contributed by atoms with E-state index in [0.29, 0.717) is 22.7 Å². The van der Waals surface area contributed by atoms with E-state index in [2.05, 4.69) is 15.8 Å². The van der Waals surface area contributed by atoms with Gasteiger partial charge in [-0.25, -0.2) is 4.79 Å². The molecule has 1 aliphatic heterocycles. The Morgan fingerprint density at radius 1 is 0.970 bits per heavy atom. The van der Waals surface area contributed by atoms with Gasteiger partial charge in [0.2, 0.25) is 0 Å². The predicted octanol–water partition coefficient (Wildman–Crippen LogP) is 5.94. The zero-order chi connectivity index (χ0) is 23.0. The molecular formula is C25H28N4O3S. The number of hydrogen-bond donors (Lipinski definition) is 2. The standard InChI is InChI=1S/C25H28N4O3S/c1-18-16-21(32-28-18)17-33-23-9-5-4-8-22(23)24(30)26-19-10-12-20(13-11-19)27-25(31)29-14-6-2-3-7-15-29/h4-5,8-13,16H,2-3,6-7,14-15,17H2,1H3,(H,26,30)(H,27,31). The van der Waals surface area contributed by atoms with Crippen LogP contribution in [0.1, 0.15) is 47.5 Å². The number of carbonyl (C=O) groups excluding carboxylic acids is 2. The lowest BCUT2D eigenvalue weighted by Gasteiger charge is -2.20. The van der Waals surface area contributed by atoms with Crippen molar-refractivity contribution in [2.45, 2.75) is 43.3 Å². The van der Waals surface area contributed by atoms with Crippen LogP contribution in [0.15, 0.2) is 64.0 Å². The van der Waals surface area contributed by atoms with Gasteiger partial charge in [0.25, 0.3) is 5.91 Å². The molecule has 3 amide bonds. The number of hydrogen-bond acceptors (Lipinski definition) is 5. The fourth-order valence-electron chi connectivity index (χ4n) is 3.72. The van der Waals surface area contributed by atoms with Crippen LogP contribution >= 0.6 is 11.8 Å². The molecule has 2 heterocycles. The lowest BCUT2D eigenvalue weighted by Crippen LogP contribution is -2.35. The number of aryl methyl sites for hydroxylation is 1. The summed E-state index contributed by atoms with van der Waals surface area (Å²) in [6.07, 6.45) is 4.46. The molecule has 0 saturated carbocycles. The molecule has 1 aromatic heterocycles. The molecule has 4 rings (SSSR count). The van der Waals surface area contributed by atoms with Crippen LogP contribution in [0.5, 0.6) is 0 Å². The van der Waals surface area contributed by atoms with E-state index in [-0.39, 0.29) is 11.9 Å². The molecule has 0 spiro atoms. The van der Waals surface area contributed by atoms with Crippen LogP contribution in [0.2, 0.25) is 0 Å². The zero-order valence-corrected chi connectivity index (χ0v) is 19.5. The molecule has 0 unspecified atom stereocenters. The van der Waals surface area contributed by atoms with Gasteiger partial charge in [-0.1, -0.05) is 30.1 Å². The zero-order valence-electron chi connectivity index (χ0n) is 18.7. The van der Waals surface area contributed by atoms with Gasteiger partial charge >= 0.3 is 6.03 Å². The Morgan fingerprint density at radius 2 is 1.64 bits per heavy atom. The molecule has 172 valence electrons. The Labute approximate surface area is 197 Å². The van der Waals surface area contributed by atoms with Crippen LogP contribution in [-0.4, -0.2) is 35.1 Å². The van der Waals surface area contributed by atoms with Gasteiger partial charge in [0.1, 0.15) is 5.76 Å². The molecule has 1 aliphatic rings. The number of rotatable bonds is 6. The Kier molecular flexibility index (Phi) is 7.67. The minimum Gasteiger partial charge on any atom is -0.360 e. The first-order valence-electron chi connectivity index (χ1n) is 11.2. The van der Waals surface area contributed by atoms with Crippen LogP contribution in [-0.2, 0) is 5.75 Å². The Bertz CT molecular complexity index is 1090. The molecule has 0 aliphatic carbocycles. The first-order chi connectivity index (χ1) is 16.1.